The van der Waals surface area contributed by atoms with E-state index in [1.165, 1.54) is 122 Å². The van der Waals surface area contributed by atoms with E-state index in [2.05, 4.69) is 26.0 Å². The topological polar surface area (TPSA) is 132 Å². The van der Waals surface area contributed by atoms with Gasteiger partial charge < -0.3 is 24.6 Å². The molecule has 0 fully saturated rings. The molecule has 0 amide bonds. The Hall–Kier alpha value is -0.800. The van der Waals surface area contributed by atoms with Crippen LogP contribution in [0.1, 0.15) is 194 Å². The van der Waals surface area contributed by atoms with Crippen molar-refractivity contribution in [1.82, 2.24) is 0 Å². The predicted molar refractivity (Wildman–Crippen MR) is 205 cm³/mol. The van der Waals surface area contributed by atoms with E-state index in [0.29, 0.717) is 6.61 Å². The van der Waals surface area contributed by atoms with Gasteiger partial charge in [0, 0.05) is 13.0 Å². The van der Waals surface area contributed by atoms with E-state index in [0.717, 1.165) is 51.4 Å². The van der Waals surface area contributed by atoms with Gasteiger partial charge in [-0.3, -0.25) is 13.8 Å². The second-order valence-corrected chi connectivity index (χ2v) is 15.5. The summed E-state index contributed by atoms with van der Waals surface area (Å²) < 4.78 is 33.3. The van der Waals surface area contributed by atoms with Crippen LogP contribution in [0.2, 0.25) is 0 Å². The first kappa shape index (κ1) is 49.2. The molecular formula is C40H79O9P. The molecule has 0 aromatic heterocycles. The average Bonchev–Trinajstić information content (AvgIpc) is 3.10. The van der Waals surface area contributed by atoms with Crippen LogP contribution < -0.4 is 0 Å². The van der Waals surface area contributed by atoms with Crippen molar-refractivity contribution >= 4 is 13.8 Å². The van der Waals surface area contributed by atoms with Crippen molar-refractivity contribution < 1.29 is 43.0 Å². The second-order valence-electron chi connectivity index (χ2n) is 14.0. The first-order valence-electron chi connectivity index (χ1n) is 20.7. The number of allylic oxidation sites excluding steroid dienone is 2. The number of ether oxygens (including phenoxy) is 2. The van der Waals surface area contributed by atoms with Gasteiger partial charge in [0.2, 0.25) is 0 Å². The normalized spacial score (nSPS) is 14.3. The van der Waals surface area contributed by atoms with Crippen LogP contribution in [-0.2, 0) is 27.9 Å². The van der Waals surface area contributed by atoms with E-state index in [-0.39, 0.29) is 25.6 Å². The highest BCUT2D eigenvalue weighted by Crippen LogP contribution is 2.43. The van der Waals surface area contributed by atoms with Gasteiger partial charge in [0.25, 0.3) is 0 Å². The first-order valence-corrected chi connectivity index (χ1v) is 22.2. The number of unbranched alkanes of at least 4 members (excludes halogenated alkanes) is 24. The number of phosphoric acid groups is 1. The largest absolute Gasteiger partial charge is 0.472 e. The van der Waals surface area contributed by atoms with Gasteiger partial charge >= 0.3 is 13.8 Å². The quantitative estimate of drug-likeness (QED) is 0.0243. The molecule has 0 radical (unpaired) electrons. The lowest BCUT2D eigenvalue weighted by atomic mass is 10.0. The molecule has 3 atom stereocenters. The first-order chi connectivity index (χ1) is 24.3. The van der Waals surface area contributed by atoms with Crippen molar-refractivity contribution in [3.8, 4) is 0 Å². The zero-order valence-corrected chi connectivity index (χ0v) is 33.3. The molecule has 0 aromatic rings. The number of phosphoric ester groups is 1. The molecule has 1 unspecified atom stereocenters. The average molecular weight is 735 g/mol. The van der Waals surface area contributed by atoms with Crippen molar-refractivity contribution in [2.45, 2.75) is 206 Å². The van der Waals surface area contributed by atoms with E-state index in [1.54, 1.807) is 0 Å². The van der Waals surface area contributed by atoms with Crippen LogP contribution in [0.3, 0.4) is 0 Å². The predicted octanol–water partition coefficient (Wildman–Crippen LogP) is 10.9. The summed E-state index contributed by atoms with van der Waals surface area (Å²) in [5, 5.41) is 18.3. The van der Waals surface area contributed by atoms with Gasteiger partial charge in [0.15, 0.2) is 0 Å². The Balaban J connectivity index is 4.19. The summed E-state index contributed by atoms with van der Waals surface area (Å²) in [4.78, 5) is 22.5. The summed E-state index contributed by atoms with van der Waals surface area (Å²) >= 11 is 0. The summed E-state index contributed by atoms with van der Waals surface area (Å²) in [6.45, 7) is 3.53. The highest BCUT2D eigenvalue weighted by atomic mass is 31.2. The summed E-state index contributed by atoms with van der Waals surface area (Å²) in [6.07, 6.45) is 35.9. The fourth-order valence-corrected chi connectivity index (χ4v) is 6.55. The maximum absolute atomic E-state index is 12.6. The third-order valence-electron chi connectivity index (χ3n) is 8.95. The number of esters is 1. The van der Waals surface area contributed by atoms with Crippen molar-refractivity contribution in [2.24, 2.45) is 0 Å². The van der Waals surface area contributed by atoms with Crippen molar-refractivity contribution in [3.63, 3.8) is 0 Å². The molecule has 0 saturated heterocycles. The van der Waals surface area contributed by atoms with Crippen LogP contribution in [0.15, 0.2) is 12.2 Å². The Morgan fingerprint density at radius 3 is 1.50 bits per heavy atom. The van der Waals surface area contributed by atoms with Gasteiger partial charge in [-0.1, -0.05) is 161 Å². The van der Waals surface area contributed by atoms with Gasteiger partial charge in [-0.15, -0.1) is 0 Å². The molecule has 10 heteroatoms. The van der Waals surface area contributed by atoms with Crippen LogP contribution >= 0.6 is 7.82 Å². The molecule has 0 aliphatic carbocycles. The lowest BCUT2D eigenvalue weighted by Crippen LogP contribution is -2.29. The molecule has 0 saturated carbocycles. The van der Waals surface area contributed by atoms with Crippen LogP contribution in [-0.4, -0.2) is 66.3 Å². The van der Waals surface area contributed by atoms with Crippen molar-refractivity contribution in [3.05, 3.63) is 12.2 Å². The number of carbonyl (C=O) groups is 1. The Labute approximate surface area is 307 Å². The summed E-state index contributed by atoms with van der Waals surface area (Å²) in [7, 11) is -4.51. The molecule has 9 nitrogen and oxygen atoms in total. The number of hydrogen-bond acceptors (Lipinski definition) is 8. The monoisotopic (exact) mass is 735 g/mol. The number of rotatable bonds is 40. The van der Waals surface area contributed by atoms with Crippen LogP contribution in [0.4, 0.5) is 0 Å². The highest BCUT2D eigenvalue weighted by molar-refractivity contribution is 7.47. The Bertz CT molecular complexity index is 795. The van der Waals surface area contributed by atoms with Crippen molar-refractivity contribution in [1.29, 1.82) is 0 Å². The molecule has 0 aromatic carbocycles. The number of aliphatic hydroxyl groups is 2. The van der Waals surface area contributed by atoms with E-state index in [1.807, 2.05) is 0 Å². The maximum atomic E-state index is 12.6. The van der Waals surface area contributed by atoms with E-state index in [9.17, 15) is 19.4 Å². The number of hydrogen-bond donors (Lipinski definition) is 3. The molecule has 0 rings (SSSR count). The van der Waals surface area contributed by atoms with Gasteiger partial charge in [0.1, 0.15) is 12.2 Å². The third-order valence-corrected chi connectivity index (χ3v) is 9.90. The molecule has 0 bridgehead atoms. The number of aliphatic hydroxyl groups excluding tert-OH is 2. The fraction of sp³-hybridized carbons (Fsp3) is 0.925. The minimum atomic E-state index is -4.51. The van der Waals surface area contributed by atoms with Gasteiger partial charge in [-0.25, -0.2) is 4.57 Å². The molecule has 0 heterocycles. The minimum absolute atomic E-state index is 0.0514. The van der Waals surface area contributed by atoms with Gasteiger partial charge in [0.05, 0.1) is 26.4 Å². The van der Waals surface area contributed by atoms with Crippen LogP contribution in [0.5, 0.6) is 0 Å². The highest BCUT2D eigenvalue weighted by Gasteiger charge is 2.26. The van der Waals surface area contributed by atoms with Gasteiger partial charge in [-0.05, 0) is 38.5 Å². The van der Waals surface area contributed by atoms with Crippen LogP contribution in [0.25, 0.3) is 0 Å². The molecule has 298 valence electrons. The molecule has 0 aliphatic heterocycles. The lowest BCUT2D eigenvalue weighted by Gasteiger charge is -2.20. The molecule has 50 heavy (non-hydrogen) atoms. The zero-order valence-electron chi connectivity index (χ0n) is 32.4. The fourth-order valence-electron chi connectivity index (χ4n) is 5.76. The Kier molecular flexibility index (Phi) is 37.3. The maximum Gasteiger partial charge on any atom is 0.472 e. The standard InChI is InChI=1S/C40H79O9P/c1-3-5-7-9-11-13-15-17-19-20-22-24-26-28-30-32-40(43)49-39(37-48-50(44,45)47-35-38(42)34-41)36-46-33-31-29-27-25-23-21-18-16-14-12-10-8-6-4-2/h17,19,38-39,41-42H,3-16,18,20-37H2,1-2H3,(H,44,45)/b19-17-/t38-,39+/m0/s1. The minimum Gasteiger partial charge on any atom is -0.457 e. The van der Waals surface area contributed by atoms with Crippen molar-refractivity contribution in [2.75, 3.05) is 33.0 Å². The van der Waals surface area contributed by atoms with E-state index < -0.39 is 33.2 Å². The third kappa shape index (κ3) is 37.0. The van der Waals surface area contributed by atoms with E-state index in [4.69, 9.17) is 23.6 Å². The van der Waals surface area contributed by atoms with Crippen LogP contribution in [0, 0.1) is 0 Å². The summed E-state index contributed by atoms with van der Waals surface area (Å²) in [5.74, 6) is -0.388. The smallest absolute Gasteiger partial charge is 0.457 e. The Morgan fingerprint density at radius 1 is 0.600 bits per heavy atom. The van der Waals surface area contributed by atoms with E-state index >= 15 is 0 Å². The second kappa shape index (κ2) is 37.9. The summed E-state index contributed by atoms with van der Waals surface area (Å²) in [5.41, 5.74) is 0. The lowest BCUT2D eigenvalue weighted by molar-refractivity contribution is -0.154. The molecular weight excluding hydrogens is 655 g/mol. The Morgan fingerprint density at radius 2 is 1.02 bits per heavy atom. The van der Waals surface area contributed by atoms with Gasteiger partial charge in [-0.2, -0.15) is 0 Å². The summed E-state index contributed by atoms with van der Waals surface area (Å²) in [6, 6.07) is 0. The molecule has 3 N–H and O–H groups in total. The molecule has 0 spiro atoms. The number of carbonyl (C=O) groups excluding carboxylic acids is 1. The SMILES string of the molecule is CCCCCCCC/C=C\CCCCCCCC(=O)O[C@H](COCCCCCCCCCCCCCCCC)COP(=O)(O)OC[C@@H](O)CO. The zero-order chi connectivity index (χ0) is 36.8. The molecule has 0 aliphatic rings.